The molecule has 180 valence electrons. The number of aryl methyl sites for hydroxylation is 1. The minimum absolute atomic E-state index is 0.116. The van der Waals surface area contributed by atoms with Crippen molar-refractivity contribution in [2.75, 3.05) is 6.61 Å². The third kappa shape index (κ3) is 11.6. The largest absolute Gasteiger partial charge is 0.499 e. The summed E-state index contributed by atoms with van der Waals surface area (Å²) in [5, 5.41) is 0. The molecule has 1 atom stereocenters. The first-order valence-electron chi connectivity index (χ1n) is 12.4. The summed E-state index contributed by atoms with van der Waals surface area (Å²) in [7, 11) is 0. The Kier molecular flexibility index (Phi) is 13.9. The van der Waals surface area contributed by atoms with Crippen LogP contribution in [0.1, 0.15) is 114 Å². The van der Waals surface area contributed by atoms with E-state index in [1.165, 1.54) is 19.3 Å². The van der Waals surface area contributed by atoms with E-state index in [0.29, 0.717) is 0 Å². The maximum absolute atomic E-state index is 12.2. The van der Waals surface area contributed by atoms with Crippen molar-refractivity contribution in [2.45, 2.75) is 110 Å². The molecular formula is C28H45NO3. The first kappa shape index (κ1) is 28.1. The van der Waals surface area contributed by atoms with E-state index in [0.717, 1.165) is 87.7 Å². The van der Waals surface area contributed by atoms with Gasteiger partial charge in [-0.1, -0.05) is 82.2 Å². The summed E-state index contributed by atoms with van der Waals surface area (Å²) < 4.78 is 5.38. The van der Waals surface area contributed by atoms with E-state index in [1.807, 2.05) is 31.2 Å². The number of unbranched alkanes of at least 4 members (excludes halogenated alkanes) is 8. The number of hydrogen-bond donors (Lipinski definition) is 1. The Hall–Kier alpha value is -1.94. The second kappa shape index (κ2) is 15.8. The fraction of sp³-hybridized carbons (Fsp3) is 0.643. The van der Waals surface area contributed by atoms with Gasteiger partial charge in [-0.2, -0.15) is 0 Å². The number of ether oxygens (including phenoxy) is 1. The lowest BCUT2D eigenvalue weighted by Crippen LogP contribution is -2.46. The summed E-state index contributed by atoms with van der Waals surface area (Å²) in [6, 6.07) is 7.87. The lowest BCUT2D eigenvalue weighted by molar-refractivity contribution is -0.122. The molecule has 0 aliphatic heterocycles. The Labute approximate surface area is 196 Å². The number of hydrogen-bond acceptors (Lipinski definition) is 4. The molecule has 1 rings (SSSR count). The molecule has 1 aromatic carbocycles. The van der Waals surface area contributed by atoms with Gasteiger partial charge in [0.15, 0.2) is 5.78 Å². The Balaban J connectivity index is 2.19. The van der Waals surface area contributed by atoms with Gasteiger partial charge in [-0.05, 0) is 58.4 Å². The molecular weight excluding hydrogens is 398 g/mol. The molecule has 0 spiro atoms. The lowest BCUT2D eigenvalue weighted by atomic mass is 9.84. The maximum atomic E-state index is 12.2. The Morgan fingerprint density at radius 2 is 1.38 bits per heavy atom. The van der Waals surface area contributed by atoms with Crippen LogP contribution >= 0.6 is 0 Å². The second-order valence-corrected chi connectivity index (χ2v) is 9.26. The molecule has 0 saturated carbocycles. The fourth-order valence-electron chi connectivity index (χ4n) is 4.16. The van der Waals surface area contributed by atoms with Crippen molar-refractivity contribution in [1.29, 1.82) is 0 Å². The zero-order chi connectivity index (χ0) is 23.8. The summed E-state index contributed by atoms with van der Waals surface area (Å²) in [5.41, 5.74) is 7.80. The van der Waals surface area contributed by atoms with Crippen molar-refractivity contribution in [3.05, 3.63) is 47.7 Å². The molecule has 1 unspecified atom stereocenters. The van der Waals surface area contributed by atoms with Crippen LogP contribution < -0.4 is 5.73 Å². The predicted octanol–water partition coefficient (Wildman–Crippen LogP) is 6.95. The van der Waals surface area contributed by atoms with Gasteiger partial charge in [-0.3, -0.25) is 9.59 Å². The van der Waals surface area contributed by atoms with Crippen molar-refractivity contribution in [2.24, 2.45) is 5.73 Å². The van der Waals surface area contributed by atoms with Gasteiger partial charge in [0.05, 0.1) is 17.9 Å². The number of allylic oxidation sites excluding steroid dienone is 1. The van der Waals surface area contributed by atoms with Gasteiger partial charge < -0.3 is 10.5 Å². The molecule has 4 nitrogen and oxygen atoms in total. The van der Waals surface area contributed by atoms with E-state index in [-0.39, 0.29) is 11.6 Å². The van der Waals surface area contributed by atoms with Gasteiger partial charge in [0.1, 0.15) is 5.78 Å². The first-order chi connectivity index (χ1) is 15.3. The highest BCUT2D eigenvalue weighted by Gasteiger charge is 2.29. The maximum Gasteiger partial charge on any atom is 0.160 e. The molecule has 0 radical (unpaired) electrons. The van der Waals surface area contributed by atoms with Gasteiger partial charge in [0.25, 0.3) is 0 Å². The SMILES string of the molecule is C=C(C)OCCCCCCCCC(N)(CCCCCCc1ccccc1C(C)=O)C(C)=O. The summed E-state index contributed by atoms with van der Waals surface area (Å²) in [6.07, 6.45) is 13.4. The minimum atomic E-state index is -0.670. The van der Waals surface area contributed by atoms with Crippen LogP contribution in [0, 0.1) is 0 Å². The summed E-state index contributed by atoms with van der Waals surface area (Å²) in [4.78, 5) is 23.9. The second-order valence-electron chi connectivity index (χ2n) is 9.26. The standard InChI is InChI=1S/C28H45NO3/c1-23(2)32-22-16-10-6-5-8-14-20-28(29,25(4)31)21-15-9-7-11-17-26-18-12-13-19-27(26)24(3)30/h12-13,18-19H,1,5-11,14-17,20-22,29H2,2-4H3. The van der Waals surface area contributed by atoms with E-state index >= 15 is 0 Å². The van der Waals surface area contributed by atoms with Crippen molar-refractivity contribution < 1.29 is 14.3 Å². The molecule has 1 aromatic rings. The number of carbonyl (C=O) groups excluding carboxylic acids is 2. The smallest absolute Gasteiger partial charge is 0.160 e. The molecule has 0 fully saturated rings. The summed E-state index contributed by atoms with van der Waals surface area (Å²) in [6.45, 7) is 9.64. The van der Waals surface area contributed by atoms with E-state index in [4.69, 9.17) is 10.5 Å². The van der Waals surface area contributed by atoms with E-state index in [2.05, 4.69) is 6.58 Å². The van der Waals surface area contributed by atoms with Crippen LogP contribution in [0.4, 0.5) is 0 Å². The number of benzene rings is 1. The number of ketones is 2. The molecule has 0 heterocycles. The monoisotopic (exact) mass is 443 g/mol. The molecule has 0 amide bonds. The van der Waals surface area contributed by atoms with Crippen LogP contribution in [0.3, 0.4) is 0 Å². The van der Waals surface area contributed by atoms with Crippen LogP contribution in [0.25, 0.3) is 0 Å². The molecule has 0 bridgehead atoms. The molecule has 0 saturated heterocycles. The molecule has 0 aliphatic carbocycles. The number of carbonyl (C=O) groups is 2. The quantitative estimate of drug-likeness (QED) is 0.143. The van der Waals surface area contributed by atoms with E-state index < -0.39 is 5.54 Å². The van der Waals surface area contributed by atoms with Crippen molar-refractivity contribution in [3.8, 4) is 0 Å². The van der Waals surface area contributed by atoms with Crippen LogP contribution in [0.2, 0.25) is 0 Å². The fourth-order valence-corrected chi connectivity index (χ4v) is 4.16. The average molecular weight is 444 g/mol. The Morgan fingerprint density at radius 1 is 0.844 bits per heavy atom. The minimum Gasteiger partial charge on any atom is -0.499 e. The topological polar surface area (TPSA) is 69.4 Å². The number of rotatable bonds is 19. The zero-order valence-corrected chi connectivity index (χ0v) is 20.7. The summed E-state index contributed by atoms with van der Waals surface area (Å²) in [5.74, 6) is 1.03. The highest BCUT2D eigenvalue weighted by atomic mass is 16.5. The third-order valence-corrected chi connectivity index (χ3v) is 6.28. The molecule has 0 aromatic heterocycles. The van der Waals surface area contributed by atoms with E-state index in [1.54, 1.807) is 13.8 Å². The van der Waals surface area contributed by atoms with Gasteiger partial charge in [-0.15, -0.1) is 0 Å². The van der Waals surface area contributed by atoms with Crippen molar-refractivity contribution >= 4 is 11.6 Å². The van der Waals surface area contributed by atoms with Gasteiger partial charge in [0.2, 0.25) is 0 Å². The Bertz CT molecular complexity index is 712. The van der Waals surface area contributed by atoms with Crippen LogP contribution in [-0.2, 0) is 16.0 Å². The average Bonchev–Trinajstić information content (AvgIpc) is 2.74. The number of nitrogens with two attached hydrogens (primary N) is 1. The van der Waals surface area contributed by atoms with Crippen molar-refractivity contribution in [1.82, 2.24) is 0 Å². The van der Waals surface area contributed by atoms with Crippen molar-refractivity contribution in [3.63, 3.8) is 0 Å². The van der Waals surface area contributed by atoms with E-state index in [9.17, 15) is 9.59 Å². The third-order valence-electron chi connectivity index (χ3n) is 6.28. The molecule has 32 heavy (non-hydrogen) atoms. The van der Waals surface area contributed by atoms with Crippen LogP contribution in [0.5, 0.6) is 0 Å². The van der Waals surface area contributed by atoms with Crippen LogP contribution in [0.15, 0.2) is 36.6 Å². The van der Waals surface area contributed by atoms with Crippen LogP contribution in [-0.4, -0.2) is 23.7 Å². The van der Waals surface area contributed by atoms with Gasteiger partial charge >= 0.3 is 0 Å². The normalized spacial score (nSPS) is 12.9. The predicted molar refractivity (Wildman–Crippen MR) is 134 cm³/mol. The molecule has 4 heteroatoms. The molecule has 2 N–H and O–H groups in total. The van der Waals surface area contributed by atoms with Gasteiger partial charge in [-0.25, -0.2) is 0 Å². The first-order valence-corrected chi connectivity index (χ1v) is 12.4. The van der Waals surface area contributed by atoms with Gasteiger partial charge in [0, 0.05) is 5.56 Å². The number of Topliss-reactive ketones (excluding diaryl/α,β-unsaturated/α-hetero) is 2. The highest BCUT2D eigenvalue weighted by molar-refractivity contribution is 5.95. The highest BCUT2D eigenvalue weighted by Crippen LogP contribution is 2.22. The zero-order valence-electron chi connectivity index (χ0n) is 20.7. The lowest BCUT2D eigenvalue weighted by Gasteiger charge is -2.26. The molecule has 0 aliphatic rings. The summed E-state index contributed by atoms with van der Waals surface area (Å²) >= 11 is 0. The Morgan fingerprint density at radius 3 is 1.94 bits per heavy atom.